The standard InChI is InChI=1S/C8H5F9N2/c1-3-4(19-2-18-3)5(9,10)6(11,12)7(13,14)8(15,16)17/h2H,1H3,(H,18,19). The van der Waals surface area contributed by atoms with Gasteiger partial charge in [-0.3, -0.25) is 0 Å². The third-order valence-electron chi connectivity index (χ3n) is 2.27. The molecule has 1 heterocycles. The number of halogens is 9. The number of aryl methyl sites for hydroxylation is 1. The maximum atomic E-state index is 13.2. The highest BCUT2D eigenvalue weighted by Crippen LogP contribution is 2.56. The van der Waals surface area contributed by atoms with E-state index in [1.165, 1.54) is 0 Å². The van der Waals surface area contributed by atoms with Gasteiger partial charge in [0.1, 0.15) is 5.69 Å². The maximum absolute atomic E-state index is 13.2. The van der Waals surface area contributed by atoms with Crippen molar-refractivity contribution in [3.8, 4) is 0 Å². The molecule has 1 N–H and O–H groups in total. The van der Waals surface area contributed by atoms with Gasteiger partial charge in [0.05, 0.1) is 6.33 Å². The predicted octanol–water partition coefficient (Wildman–Crippen LogP) is 3.64. The van der Waals surface area contributed by atoms with Gasteiger partial charge in [0.25, 0.3) is 0 Å². The van der Waals surface area contributed by atoms with Crippen molar-refractivity contribution in [1.29, 1.82) is 0 Å². The fourth-order valence-electron chi connectivity index (χ4n) is 1.20. The van der Waals surface area contributed by atoms with Gasteiger partial charge in [0.2, 0.25) is 0 Å². The van der Waals surface area contributed by atoms with Crippen LogP contribution in [0.15, 0.2) is 6.33 Å². The van der Waals surface area contributed by atoms with E-state index < -0.39 is 35.3 Å². The van der Waals surface area contributed by atoms with Crippen molar-refractivity contribution in [3.63, 3.8) is 0 Å². The Morgan fingerprint density at radius 3 is 1.68 bits per heavy atom. The lowest BCUT2D eigenvalue weighted by molar-refractivity contribution is -0.400. The first-order chi connectivity index (χ1) is 8.27. The fourth-order valence-corrected chi connectivity index (χ4v) is 1.20. The van der Waals surface area contributed by atoms with Crippen molar-refractivity contribution >= 4 is 0 Å². The Morgan fingerprint density at radius 1 is 0.895 bits per heavy atom. The largest absolute Gasteiger partial charge is 0.460 e. The molecule has 1 aromatic rings. The number of hydrogen-bond acceptors (Lipinski definition) is 1. The molecule has 0 bridgehead atoms. The number of alkyl halides is 9. The predicted molar refractivity (Wildman–Crippen MR) is 43.2 cm³/mol. The van der Waals surface area contributed by atoms with E-state index in [2.05, 4.69) is 4.98 Å². The smallest absolute Gasteiger partial charge is 0.348 e. The topological polar surface area (TPSA) is 28.7 Å². The molecule has 0 aliphatic carbocycles. The molecule has 0 radical (unpaired) electrons. The highest BCUT2D eigenvalue weighted by molar-refractivity contribution is 5.20. The molecule has 0 aliphatic rings. The summed E-state index contributed by atoms with van der Waals surface area (Å²) in [4.78, 5) is 4.55. The minimum absolute atomic E-state index is 0.473. The number of imidazole rings is 1. The lowest BCUT2D eigenvalue weighted by Gasteiger charge is -2.33. The van der Waals surface area contributed by atoms with Crippen LogP contribution in [0, 0.1) is 6.92 Å². The normalized spacial score (nSPS) is 14.8. The summed E-state index contributed by atoms with van der Waals surface area (Å²) in [6.07, 6.45) is -6.36. The van der Waals surface area contributed by atoms with Gasteiger partial charge in [0, 0.05) is 5.69 Å². The van der Waals surface area contributed by atoms with Gasteiger partial charge < -0.3 is 4.98 Å². The summed E-state index contributed by atoms with van der Waals surface area (Å²) >= 11 is 0. The van der Waals surface area contributed by atoms with Gasteiger partial charge in [-0.1, -0.05) is 0 Å². The van der Waals surface area contributed by atoms with Crippen molar-refractivity contribution in [2.45, 2.75) is 30.9 Å². The molecule has 0 amide bonds. The first-order valence-electron chi connectivity index (χ1n) is 4.47. The quantitative estimate of drug-likeness (QED) is 0.848. The van der Waals surface area contributed by atoms with Crippen molar-refractivity contribution in [1.82, 2.24) is 9.97 Å². The molecule has 2 nitrogen and oxygen atoms in total. The Bertz CT molecular complexity index is 459. The van der Waals surface area contributed by atoms with Crippen molar-refractivity contribution in [2.75, 3.05) is 0 Å². The number of aromatic amines is 1. The SMILES string of the molecule is Cc1[nH]cnc1C(F)(F)C(F)(F)C(F)(F)C(F)(F)F. The molecule has 19 heavy (non-hydrogen) atoms. The zero-order valence-corrected chi connectivity index (χ0v) is 8.93. The lowest BCUT2D eigenvalue weighted by atomic mass is 10.00. The second kappa shape index (κ2) is 4.04. The van der Waals surface area contributed by atoms with Crippen molar-refractivity contribution < 1.29 is 39.5 Å². The monoisotopic (exact) mass is 300 g/mol. The summed E-state index contributed by atoms with van der Waals surface area (Å²) in [6, 6.07) is 0. The molecule has 0 aliphatic heterocycles. The number of hydrogen-bond donors (Lipinski definition) is 1. The van der Waals surface area contributed by atoms with Crippen LogP contribution in [-0.2, 0) is 5.92 Å². The van der Waals surface area contributed by atoms with Crippen molar-refractivity contribution in [2.24, 2.45) is 0 Å². The van der Waals surface area contributed by atoms with Crippen LogP contribution in [0.1, 0.15) is 11.4 Å². The second-order valence-corrected chi connectivity index (χ2v) is 3.60. The Balaban J connectivity index is 3.38. The number of rotatable bonds is 3. The van der Waals surface area contributed by atoms with Gasteiger partial charge in [-0.15, -0.1) is 0 Å². The first-order valence-corrected chi connectivity index (χ1v) is 4.47. The van der Waals surface area contributed by atoms with Gasteiger partial charge in [0.15, 0.2) is 0 Å². The van der Waals surface area contributed by atoms with E-state index in [0.717, 1.165) is 6.92 Å². The maximum Gasteiger partial charge on any atom is 0.460 e. The summed E-state index contributed by atoms with van der Waals surface area (Å²) in [6.45, 7) is 0.776. The third-order valence-corrected chi connectivity index (χ3v) is 2.27. The molecule has 1 rings (SSSR count). The zero-order valence-electron chi connectivity index (χ0n) is 8.93. The highest BCUT2D eigenvalue weighted by atomic mass is 19.4. The van der Waals surface area contributed by atoms with Crippen LogP contribution < -0.4 is 0 Å². The lowest BCUT2D eigenvalue weighted by Crippen LogP contribution is -2.59. The molecule has 0 unspecified atom stereocenters. The van der Waals surface area contributed by atoms with Crippen LogP contribution in [0.25, 0.3) is 0 Å². The van der Waals surface area contributed by atoms with Crippen LogP contribution in [0.4, 0.5) is 39.5 Å². The Morgan fingerprint density at radius 2 is 1.37 bits per heavy atom. The minimum Gasteiger partial charge on any atom is -0.348 e. The van der Waals surface area contributed by atoms with E-state index in [4.69, 9.17) is 0 Å². The number of nitrogens with zero attached hydrogens (tertiary/aromatic N) is 1. The third kappa shape index (κ3) is 2.04. The number of aromatic nitrogens is 2. The molecular weight excluding hydrogens is 295 g/mol. The molecule has 0 saturated heterocycles. The molecule has 110 valence electrons. The molecule has 1 aromatic heterocycles. The molecule has 0 aromatic carbocycles. The molecule has 0 fully saturated rings. The average Bonchev–Trinajstić information content (AvgIpc) is 2.62. The van der Waals surface area contributed by atoms with Crippen molar-refractivity contribution in [3.05, 3.63) is 17.7 Å². The molecule has 11 heteroatoms. The van der Waals surface area contributed by atoms with Crippen LogP contribution in [0.2, 0.25) is 0 Å². The summed E-state index contributed by atoms with van der Waals surface area (Å²) in [5.41, 5.74) is -2.62. The first kappa shape index (κ1) is 15.6. The van der Waals surface area contributed by atoms with E-state index in [9.17, 15) is 39.5 Å². The van der Waals surface area contributed by atoms with Crippen LogP contribution >= 0.6 is 0 Å². The fraction of sp³-hybridized carbons (Fsp3) is 0.625. The van der Waals surface area contributed by atoms with E-state index in [1.807, 2.05) is 4.98 Å². The molecule has 0 atom stereocenters. The van der Waals surface area contributed by atoms with Crippen LogP contribution in [0.5, 0.6) is 0 Å². The van der Waals surface area contributed by atoms with Gasteiger partial charge in [-0.05, 0) is 6.92 Å². The van der Waals surface area contributed by atoms with Gasteiger partial charge in [-0.2, -0.15) is 39.5 Å². The summed E-state index contributed by atoms with van der Waals surface area (Å²) < 4.78 is 113. The number of H-pyrrole nitrogens is 1. The van der Waals surface area contributed by atoms with E-state index in [1.54, 1.807) is 0 Å². The van der Waals surface area contributed by atoms with Crippen LogP contribution in [-0.4, -0.2) is 28.0 Å². The van der Waals surface area contributed by atoms with Gasteiger partial charge in [-0.25, -0.2) is 4.98 Å². The van der Waals surface area contributed by atoms with Gasteiger partial charge >= 0.3 is 23.9 Å². The highest BCUT2D eigenvalue weighted by Gasteiger charge is 2.82. The molecule has 0 spiro atoms. The Hall–Kier alpha value is -1.42. The van der Waals surface area contributed by atoms with E-state index in [0.29, 0.717) is 6.33 Å². The minimum atomic E-state index is -6.91. The second-order valence-electron chi connectivity index (χ2n) is 3.60. The van der Waals surface area contributed by atoms with E-state index >= 15 is 0 Å². The molecule has 0 saturated carbocycles. The Kier molecular flexibility index (Phi) is 3.32. The van der Waals surface area contributed by atoms with Crippen LogP contribution in [0.3, 0.4) is 0 Å². The summed E-state index contributed by atoms with van der Waals surface area (Å²) in [5, 5.41) is 0. The number of nitrogens with one attached hydrogen (secondary N) is 1. The Labute approximate surface area is 99.2 Å². The molecular formula is C8H5F9N2. The zero-order chi connectivity index (χ0) is 15.3. The van der Waals surface area contributed by atoms with E-state index in [-0.39, 0.29) is 0 Å². The summed E-state index contributed by atoms with van der Waals surface area (Å²) in [7, 11) is 0. The summed E-state index contributed by atoms with van der Waals surface area (Å²) in [5.74, 6) is -19.4. The average molecular weight is 300 g/mol.